The average molecular weight is 270 g/mol. The van der Waals surface area contributed by atoms with Crippen molar-refractivity contribution in [2.75, 3.05) is 0 Å². The van der Waals surface area contributed by atoms with Crippen LogP contribution in [0.3, 0.4) is 0 Å². The zero-order valence-corrected chi connectivity index (χ0v) is 11.5. The van der Waals surface area contributed by atoms with Crippen LogP contribution < -0.4 is 0 Å². The van der Waals surface area contributed by atoms with E-state index in [4.69, 9.17) is 9.47 Å². The average Bonchev–Trinajstić information content (AvgIpc) is 2.49. The van der Waals surface area contributed by atoms with Gasteiger partial charge in [-0.3, -0.25) is 14.4 Å². The quantitative estimate of drug-likeness (QED) is 0.547. The number of carbonyl (C=O) groups excluding carboxylic acids is 4. The van der Waals surface area contributed by atoms with Crippen LogP contribution in [0.1, 0.15) is 40.5 Å². The molecule has 1 rings (SSSR count). The van der Waals surface area contributed by atoms with E-state index in [2.05, 4.69) is 0 Å². The van der Waals surface area contributed by atoms with E-state index in [9.17, 15) is 19.2 Å². The van der Waals surface area contributed by atoms with Crippen LogP contribution in [-0.2, 0) is 28.7 Å². The Morgan fingerprint density at radius 1 is 1.26 bits per heavy atom. The van der Waals surface area contributed by atoms with Crippen molar-refractivity contribution in [3.8, 4) is 0 Å². The lowest BCUT2D eigenvalue weighted by Crippen LogP contribution is -2.40. The Morgan fingerprint density at radius 3 is 2.26 bits per heavy atom. The van der Waals surface area contributed by atoms with E-state index in [0.717, 1.165) is 0 Å². The maximum absolute atomic E-state index is 12.0. The van der Waals surface area contributed by atoms with Gasteiger partial charge in [-0.25, -0.2) is 0 Å². The summed E-state index contributed by atoms with van der Waals surface area (Å²) in [6, 6.07) is 0. The van der Waals surface area contributed by atoms with Crippen LogP contribution in [0, 0.1) is 11.3 Å². The van der Waals surface area contributed by atoms with E-state index < -0.39 is 29.6 Å². The van der Waals surface area contributed by atoms with Crippen molar-refractivity contribution >= 4 is 23.5 Å². The van der Waals surface area contributed by atoms with Gasteiger partial charge in [-0.1, -0.05) is 6.92 Å². The lowest BCUT2D eigenvalue weighted by atomic mass is 9.71. The van der Waals surface area contributed by atoms with E-state index in [1.807, 2.05) is 0 Å². The normalized spacial score (nSPS) is 29.8. The third kappa shape index (κ3) is 2.83. The van der Waals surface area contributed by atoms with Gasteiger partial charge in [0, 0.05) is 13.3 Å². The molecule has 0 amide bonds. The molecule has 0 aromatic heterocycles. The highest BCUT2D eigenvalue weighted by Gasteiger charge is 2.59. The van der Waals surface area contributed by atoms with Gasteiger partial charge in [-0.05, 0) is 20.3 Å². The fourth-order valence-corrected chi connectivity index (χ4v) is 2.36. The first-order chi connectivity index (χ1) is 8.71. The maximum Gasteiger partial charge on any atom is 0.323 e. The van der Waals surface area contributed by atoms with Gasteiger partial charge in [-0.15, -0.1) is 0 Å². The molecule has 19 heavy (non-hydrogen) atoms. The number of Topliss-reactive ketones (excluding diaryl/α,β-unsaturated/α-hetero) is 2. The van der Waals surface area contributed by atoms with E-state index in [1.54, 1.807) is 6.92 Å². The Hall–Kier alpha value is -1.72. The highest BCUT2D eigenvalue weighted by Crippen LogP contribution is 2.44. The summed E-state index contributed by atoms with van der Waals surface area (Å²) in [5.74, 6) is -2.41. The van der Waals surface area contributed by atoms with Crippen LogP contribution in [0.4, 0.5) is 0 Å². The lowest BCUT2D eigenvalue weighted by molar-refractivity contribution is -0.179. The van der Waals surface area contributed by atoms with Crippen LogP contribution in [0.5, 0.6) is 0 Å². The number of hydrogen-bond acceptors (Lipinski definition) is 6. The predicted octanol–water partition coefficient (Wildman–Crippen LogP) is 1.01. The summed E-state index contributed by atoms with van der Waals surface area (Å²) in [6.45, 7) is 5.49. The fourth-order valence-electron chi connectivity index (χ4n) is 2.36. The Kier molecular flexibility index (Phi) is 4.44. The lowest BCUT2D eigenvalue weighted by Gasteiger charge is -2.26. The van der Waals surface area contributed by atoms with Crippen LogP contribution in [0.15, 0.2) is 0 Å². The molecule has 6 heteroatoms. The number of carbonyl (C=O) groups is 4. The molecule has 1 aliphatic heterocycles. The number of ketones is 2. The smallest absolute Gasteiger partial charge is 0.323 e. The van der Waals surface area contributed by atoms with Crippen molar-refractivity contribution in [1.82, 2.24) is 0 Å². The van der Waals surface area contributed by atoms with Crippen molar-refractivity contribution in [1.29, 1.82) is 0 Å². The third-order valence-corrected chi connectivity index (χ3v) is 3.55. The molecule has 1 fully saturated rings. The molecule has 0 aromatic carbocycles. The first kappa shape index (κ1) is 15.3. The van der Waals surface area contributed by atoms with Gasteiger partial charge in [0.05, 0.1) is 5.92 Å². The minimum absolute atomic E-state index is 0.0788. The predicted molar refractivity (Wildman–Crippen MR) is 63.8 cm³/mol. The molecule has 0 radical (unpaired) electrons. The maximum atomic E-state index is 12.0. The van der Waals surface area contributed by atoms with Crippen molar-refractivity contribution in [2.24, 2.45) is 11.3 Å². The first-order valence-electron chi connectivity index (χ1n) is 6.10. The van der Waals surface area contributed by atoms with Gasteiger partial charge < -0.3 is 14.3 Å². The van der Waals surface area contributed by atoms with Crippen molar-refractivity contribution in [2.45, 2.75) is 46.8 Å². The van der Waals surface area contributed by atoms with E-state index >= 15 is 0 Å². The van der Waals surface area contributed by atoms with Gasteiger partial charge >= 0.3 is 11.9 Å². The molecular formula is C13H18O6. The van der Waals surface area contributed by atoms with Crippen LogP contribution in [0.2, 0.25) is 0 Å². The zero-order valence-electron chi connectivity index (χ0n) is 11.5. The molecule has 6 nitrogen and oxygen atoms in total. The van der Waals surface area contributed by atoms with Crippen LogP contribution >= 0.6 is 0 Å². The molecule has 1 aliphatic rings. The van der Waals surface area contributed by atoms with Crippen molar-refractivity contribution in [3.05, 3.63) is 0 Å². The molecule has 0 aliphatic carbocycles. The monoisotopic (exact) mass is 270 g/mol. The summed E-state index contributed by atoms with van der Waals surface area (Å²) < 4.78 is 9.87. The van der Waals surface area contributed by atoms with Gasteiger partial charge in [-0.2, -0.15) is 0 Å². The summed E-state index contributed by atoms with van der Waals surface area (Å²) >= 11 is 0. The number of esters is 2. The minimum atomic E-state index is -1.40. The molecule has 0 saturated carbocycles. The molecule has 3 atom stereocenters. The van der Waals surface area contributed by atoms with E-state index in [0.29, 0.717) is 0 Å². The van der Waals surface area contributed by atoms with E-state index in [-0.39, 0.29) is 24.4 Å². The van der Waals surface area contributed by atoms with Gasteiger partial charge in [0.15, 0.2) is 0 Å². The third-order valence-electron chi connectivity index (χ3n) is 3.55. The fraction of sp³-hybridized carbons (Fsp3) is 0.692. The SMILES string of the molecule is CC(=O)CC[C@]1(C(C)=O)C(=O)O[C@@H](OC(C)=O)[C@H]1C. The number of cyclic esters (lactones) is 1. The van der Waals surface area contributed by atoms with Gasteiger partial charge in [0.2, 0.25) is 0 Å². The summed E-state index contributed by atoms with van der Waals surface area (Å²) in [4.78, 5) is 45.9. The molecule has 106 valence electrons. The molecular weight excluding hydrogens is 252 g/mol. The largest absolute Gasteiger partial charge is 0.425 e. The summed E-state index contributed by atoms with van der Waals surface area (Å²) in [6.07, 6.45) is -0.887. The number of rotatable bonds is 5. The second-order valence-electron chi connectivity index (χ2n) is 4.90. The summed E-state index contributed by atoms with van der Waals surface area (Å²) in [5.41, 5.74) is -1.40. The van der Waals surface area contributed by atoms with E-state index in [1.165, 1.54) is 20.8 Å². The Balaban J connectivity index is 3.02. The molecule has 1 heterocycles. The second kappa shape index (κ2) is 5.50. The Bertz CT molecular complexity index is 427. The van der Waals surface area contributed by atoms with Crippen molar-refractivity contribution in [3.63, 3.8) is 0 Å². The number of hydrogen-bond donors (Lipinski definition) is 0. The summed E-state index contributed by atoms with van der Waals surface area (Å²) in [5, 5.41) is 0. The highest BCUT2D eigenvalue weighted by atomic mass is 16.7. The van der Waals surface area contributed by atoms with Gasteiger partial charge in [0.1, 0.15) is 17.0 Å². The molecule has 0 aromatic rings. The Labute approximate surface area is 111 Å². The van der Waals surface area contributed by atoms with Gasteiger partial charge in [0.25, 0.3) is 6.29 Å². The molecule has 0 unspecified atom stereocenters. The topological polar surface area (TPSA) is 86.7 Å². The Morgan fingerprint density at radius 2 is 1.84 bits per heavy atom. The molecule has 0 spiro atoms. The molecule has 0 N–H and O–H groups in total. The minimum Gasteiger partial charge on any atom is -0.425 e. The number of ether oxygens (including phenoxy) is 2. The molecule has 0 bridgehead atoms. The second-order valence-corrected chi connectivity index (χ2v) is 4.90. The first-order valence-corrected chi connectivity index (χ1v) is 6.10. The van der Waals surface area contributed by atoms with Crippen LogP contribution in [0.25, 0.3) is 0 Å². The standard InChI is InChI=1S/C13H18O6/c1-7(14)5-6-13(9(3)15)8(2)11(18-10(4)16)19-12(13)17/h8,11H,5-6H2,1-4H3/t8-,11-,13+/m1/s1. The summed E-state index contributed by atoms with van der Waals surface area (Å²) in [7, 11) is 0. The molecule has 1 saturated heterocycles. The zero-order chi connectivity index (χ0) is 14.8. The highest BCUT2D eigenvalue weighted by molar-refractivity contribution is 6.04. The van der Waals surface area contributed by atoms with Crippen LogP contribution in [-0.4, -0.2) is 29.8 Å². The van der Waals surface area contributed by atoms with Crippen molar-refractivity contribution < 1.29 is 28.7 Å².